The lowest BCUT2D eigenvalue weighted by atomic mass is 9.91. The van der Waals surface area contributed by atoms with Crippen LogP contribution in [-0.4, -0.2) is 15.0 Å². The molecule has 0 aliphatic rings. The first-order chi connectivity index (χ1) is 29.7. The van der Waals surface area contributed by atoms with Gasteiger partial charge in [0.15, 0.2) is 17.5 Å². The van der Waals surface area contributed by atoms with Crippen LogP contribution in [0.4, 0.5) is 0 Å². The maximum absolute atomic E-state index is 8.98. The van der Waals surface area contributed by atoms with Gasteiger partial charge in [0.25, 0.3) is 0 Å². The Morgan fingerprint density at radius 1 is 0.296 bits per heavy atom. The Balaban J connectivity index is 1.16. The quantitative estimate of drug-likeness (QED) is 0.174. The molecular weight excluding hydrogens is 655 g/mol. The normalized spacial score (nSPS) is 13.1. The van der Waals surface area contributed by atoms with Gasteiger partial charge in [-0.3, -0.25) is 0 Å². The Hall–Kier alpha value is -7.23. The zero-order valence-corrected chi connectivity index (χ0v) is 28.9. The van der Waals surface area contributed by atoms with Gasteiger partial charge in [0.1, 0.15) is 0 Å². The average Bonchev–Trinajstić information content (AvgIpc) is 3.31. The van der Waals surface area contributed by atoms with Gasteiger partial charge < -0.3 is 0 Å². The molecule has 0 atom stereocenters. The first-order valence-corrected chi connectivity index (χ1v) is 17.7. The van der Waals surface area contributed by atoms with E-state index in [-0.39, 0.29) is 28.4 Å². The van der Waals surface area contributed by atoms with E-state index in [0.29, 0.717) is 28.6 Å². The molecule has 10 rings (SSSR count). The van der Waals surface area contributed by atoms with E-state index < -0.39 is 30.2 Å². The maximum atomic E-state index is 8.98. The fourth-order valence-corrected chi connectivity index (χ4v) is 7.18. The summed E-state index contributed by atoms with van der Waals surface area (Å²) in [7, 11) is 0. The molecule has 0 bridgehead atoms. The van der Waals surface area contributed by atoms with Gasteiger partial charge in [-0.2, -0.15) is 0 Å². The van der Waals surface area contributed by atoms with Crippen molar-refractivity contribution in [1.82, 2.24) is 15.0 Å². The van der Waals surface area contributed by atoms with Gasteiger partial charge in [-0.25, -0.2) is 15.0 Å². The molecule has 9 aromatic carbocycles. The molecule has 0 aliphatic heterocycles. The van der Waals surface area contributed by atoms with Gasteiger partial charge >= 0.3 is 0 Å². The fourth-order valence-electron chi connectivity index (χ4n) is 7.18. The van der Waals surface area contributed by atoms with E-state index in [0.717, 1.165) is 54.9 Å². The average molecular weight is 695 g/mol. The highest BCUT2D eigenvalue weighted by molar-refractivity contribution is 6.05. The van der Waals surface area contributed by atoms with Crippen LogP contribution in [0.15, 0.2) is 200 Å². The standard InChI is InChI=1S/C51H33N3/c1-2-14-35(15-3-1)45-29-30-46(48-25-9-8-24-47(45)48)39-20-11-22-41(33-39)50-52-49(53-51(54-50)42-28-27-34-13-4-5-17-37(34)31-42)40-21-10-19-38(32-40)44-26-12-18-36-16-6-7-23-43(36)44/h1-33H/i6D,7D,12D,16D,18D,23D,26D. The predicted molar refractivity (Wildman–Crippen MR) is 225 cm³/mol. The predicted octanol–water partition coefficient (Wildman–Crippen LogP) is 13.3. The van der Waals surface area contributed by atoms with Crippen LogP contribution in [0.3, 0.4) is 0 Å². The molecule has 0 amide bonds. The number of hydrogen-bond acceptors (Lipinski definition) is 3. The molecule has 0 saturated carbocycles. The molecule has 1 aromatic heterocycles. The number of nitrogens with zero attached hydrogens (tertiary/aromatic N) is 3. The molecular formula is C51H33N3. The highest BCUT2D eigenvalue weighted by atomic mass is 15.0. The molecule has 3 nitrogen and oxygen atoms in total. The van der Waals surface area contributed by atoms with Crippen molar-refractivity contribution < 1.29 is 9.60 Å². The Morgan fingerprint density at radius 3 is 1.52 bits per heavy atom. The molecule has 0 unspecified atom stereocenters. The molecule has 0 saturated heterocycles. The Labute approximate surface area is 323 Å². The third-order valence-electron chi connectivity index (χ3n) is 9.81. The molecule has 0 spiro atoms. The summed E-state index contributed by atoms with van der Waals surface area (Å²) >= 11 is 0. The van der Waals surface area contributed by atoms with Crippen LogP contribution in [0, 0.1) is 0 Å². The minimum absolute atomic E-state index is 0.0171. The number of rotatable bonds is 6. The summed E-state index contributed by atoms with van der Waals surface area (Å²) < 4.78 is 60.3. The van der Waals surface area contributed by atoms with E-state index in [2.05, 4.69) is 72.8 Å². The van der Waals surface area contributed by atoms with Crippen molar-refractivity contribution in [2.45, 2.75) is 0 Å². The van der Waals surface area contributed by atoms with E-state index in [1.807, 2.05) is 66.7 Å². The number of fused-ring (bicyclic) bond motifs is 3. The van der Waals surface area contributed by atoms with E-state index in [9.17, 15) is 0 Å². The van der Waals surface area contributed by atoms with Gasteiger partial charge in [0.05, 0.1) is 9.60 Å². The lowest BCUT2D eigenvalue weighted by Crippen LogP contribution is -2.00. The van der Waals surface area contributed by atoms with E-state index in [1.165, 1.54) is 0 Å². The topological polar surface area (TPSA) is 38.7 Å². The van der Waals surface area contributed by atoms with E-state index in [1.54, 1.807) is 18.2 Å². The van der Waals surface area contributed by atoms with Gasteiger partial charge in [-0.1, -0.05) is 182 Å². The summed E-state index contributed by atoms with van der Waals surface area (Å²) in [6.07, 6.45) is 0. The first-order valence-electron chi connectivity index (χ1n) is 21.2. The molecule has 10 aromatic rings. The van der Waals surface area contributed by atoms with Gasteiger partial charge in [-0.15, -0.1) is 0 Å². The third-order valence-corrected chi connectivity index (χ3v) is 9.81. The van der Waals surface area contributed by atoms with Crippen molar-refractivity contribution in [3.05, 3.63) is 200 Å². The second-order valence-corrected chi connectivity index (χ2v) is 13.1. The molecule has 1 heterocycles. The SMILES string of the molecule is [2H]c1c([2H])c([2H])c2c(-c3cccc(-c4nc(-c5cccc(-c6ccc(-c7ccccc7)c7ccccc67)c5)nc(-c5ccc6ccccc6c5)n4)c3)c([2H])c([2H])c([2H])c2c1[2H]. The second kappa shape index (κ2) is 13.4. The minimum atomic E-state index is -0.497. The van der Waals surface area contributed by atoms with E-state index in [4.69, 9.17) is 24.5 Å². The summed E-state index contributed by atoms with van der Waals surface area (Å²) in [5.74, 6) is 1.24. The molecule has 0 fully saturated rings. The largest absolute Gasteiger partial charge is 0.208 e. The number of benzene rings is 9. The summed E-state index contributed by atoms with van der Waals surface area (Å²) in [6.45, 7) is 0. The summed E-state index contributed by atoms with van der Waals surface area (Å²) in [5, 5.41) is 4.29. The van der Waals surface area contributed by atoms with Crippen molar-refractivity contribution in [2.24, 2.45) is 0 Å². The van der Waals surface area contributed by atoms with Crippen LogP contribution in [0.25, 0.3) is 99.9 Å². The van der Waals surface area contributed by atoms with E-state index >= 15 is 0 Å². The van der Waals surface area contributed by atoms with Crippen LogP contribution in [0.2, 0.25) is 0 Å². The van der Waals surface area contributed by atoms with Crippen LogP contribution in [0.5, 0.6) is 0 Å². The fraction of sp³-hybridized carbons (Fsp3) is 0. The number of hydrogen-bond donors (Lipinski definition) is 0. The molecule has 252 valence electrons. The lowest BCUT2D eigenvalue weighted by Gasteiger charge is -2.14. The first kappa shape index (κ1) is 24.9. The van der Waals surface area contributed by atoms with Crippen LogP contribution in [0.1, 0.15) is 9.60 Å². The highest BCUT2D eigenvalue weighted by Crippen LogP contribution is 2.38. The van der Waals surface area contributed by atoms with Gasteiger partial charge in [-0.05, 0) is 83.9 Å². The summed E-state index contributed by atoms with van der Waals surface area (Å²) in [5.41, 5.74) is 7.05. The minimum Gasteiger partial charge on any atom is -0.208 e. The van der Waals surface area contributed by atoms with Crippen molar-refractivity contribution in [3.63, 3.8) is 0 Å². The van der Waals surface area contributed by atoms with Crippen molar-refractivity contribution in [2.75, 3.05) is 0 Å². The monoisotopic (exact) mass is 694 g/mol. The Morgan fingerprint density at radius 2 is 0.815 bits per heavy atom. The van der Waals surface area contributed by atoms with Crippen LogP contribution >= 0.6 is 0 Å². The van der Waals surface area contributed by atoms with Crippen LogP contribution < -0.4 is 0 Å². The summed E-state index contributed by atoms with van der Waals surface area (Å²) in [4.78, 5) is 15.2. The zero-order chi connectivity index (χ0) is 41.9. The third kappa shape index (κ3) is 5.78. The molecule has 54 heavy (non-hydrogen) atoms. The smallest absolute Gasteiger partial charge is 0.164 e. The zero-order valence-electron chi connectivity index (χ0n) is 35.9. The van der Waals surface area contributed by atoms with Crippen molar-refractivity contribution in [1.29, 1.82) is 0 Å². The Kier molecular flexibility index (Phi) is 6.17. The van der Waals surface area contributed by atoms with Gasteiger partial charge in [0, 0.05) is 16.7 Å². The van der Waals surface area contributed by atoms with Crippen molar-refractivity contribution >= 4 is 32.3 Å². The molecule has 0 radical (unpaired) electrons. The lowest BCUT2D eigenvalue weighted by molar-refractivity contribution is 1.07. The summed E-state index contributed by atoms with van der Waals surface area (Å²) in [6, 6.07) is 49.6. The Bertz CT molecular complexity index is 3400. The van der Waals surface area contributed by atoms with Gasteiger partial charge in [0.2, 0.25) is 0 Å². The van der Waals surface area contributed by atoms with Crippen LogP contribution in [-0.2, 0) is 0 Å². The molecule has 3 heteroatoms. The maximum Gasteiger partial charge on any atom is 0.164 e. The molecule has 0 aliphatic carbocycles. The molecule has 0 N–H and O–H groups in total. The highest BCUT2D eigenvalue weighted by Gasteiger charge is 2.16. The second-order valence-electron chi connectivity index (χ2n) is 13.1. The number of aromatic nitrogens is 3. The van der Waals surface area contributed by atoms with Crippen molar-refractivity contribution in [3.8, 4) is 67.5 Å².